The molecule has 0 N–H and O–H groups in total. The van der Waals surface area contributed by atoms with Crippen LogP contribution in [0.25, 0.3) is 10.8 Å². The molecule has 0 saturated heterocycles. The third-order valence-electron chi connectivity index (χ3n) is 2.13. The Morgan fingerprint density at radius 3 is 2.40 bits per heavy atom. The van der Waals surface area contributed by atoms with E-state index in [1.807, 2.05) is 0 Å². The topological polar surface area (TPSA) is 17.1 Å². The van der Waals surface area contributed by atoms with Gasteiger partial charge in [-0.3, -0.25) is 4.79 Å². The van der Waals surface area contributed by atoms with E-state index in [4.69, 9.17) is 34.8 Å². The van der Waals surface area contributed by atoms with Gasteiger partial charge >= 0.3 is 0 Å². The summed E-state index contributed by atoms with van der Waals surface area (Å²) in [6, 6.07) is 6.92. The lowest BCUT2D eigenvalue weighted by Gasteiger charge is -2.05. The molecule has 2 rings (SSSR count). The summed E-state index contributed by atoms with van der Waals surface area (Å²) in [4.78, 5) is 10.7. The van der Waals surface area contributed by atoms with Crippen LogP contribution in [0.5, 0.6) is 0 Å². The Hall–Kier alpha value is -0.760. The van der Waals surface area contributed by atoms with Crippen LogP contribution in [-0.2, 0) is 0 Å². The van der Waals surface area contributed by atoms with Gasteiger partial charge in [-0.05, 0) is 23.6 Å². The minimum absolute atomic E-state index is 0.279. The van der Waals surface area contributed by atoms with Gasteiger partial charge in [0.25, 0.3) is 0 Å². The van der Waals surface area contributed by atoms with Crippen molar-refractivity contribution in [2.24, 2.45) is 0 Å². The molecule has 0 fully saturated rings. The van der Waals surface area contributed by atoms with Gasteiger partial charge in [-0.2, -0.15) is 0 Å². The molecule has 2 aromatic rings. The summed E-state index contributed by atoms with van der Waals surface area (Å²) in [5, 5.41) is 2.85. The zero-order valence-corrected chi connectivity index (χ0v) is 9.70. The summed E-state index contributed by atoms with van der Waals surface area (Å²) in [6.07, 6.45) is 0.675. The normalized spacial score (nSPS) is 10.6. The van der Waals surface area contributed by atoms with Gasteiger partial charge < -0.3 is 0 Å². The number of aldehydes is 1. The average molecular weight is 260 g/mol. The number of carbonyl (C=O) groups excluding carboxylic acids is 1. The molecule has 15 heavy (non-hydrogen) atoms. The fourth-order valence-corrected chi connectivity index (χ4v) is 2.08. The molecule has 0 radical (unpaired) electrons. The fourth-order valence-electron chi connectivity index (χ4n) is 1.41. The Morgan fingerprint density at radius 2 is 1.73 bits per heavy atom. The van der Waals surface area contributed by atoms with Crippen LogP contribution >= 0.6 is 34.8 Å². The Balaban J connectivity index is 2.90. The third kappa shape index (κ3) is 1.83. The van der Waals surface area contributed by atoms with E-state index in [0.717, 1.165) is 10.8 Å². The van der Waals surface area contributed by atoms with Crippen LogP contribution < -0.4 is 0 Å². The van der Waals surface area contributed by atoms with Gasteiger partial charge in [0.05, 0.1) is 10.0 Å². The summed E-state index contributed by atoms with van der Waals surface area (Å²) in [5.41, 5.74) is 0.372. The highest BCUT2D eigenvalue weighted by molar-refractivity contribution is 6.46. The smallest absolute Gasteiger partial charge is 0.151 e. The first kappa shape index (κ1) is 10.7. The van der Waals surface area contributed by atoms with Crippen molar-refractivity contribution in [1.82, 2.24) is 0 Å². The molecule has 0 aliphatic carbocycles. The van der Waals surface area contributed by atoms with Crippen molar-refractivity contribution >= 4 is 51.9 Å². The fraction of sp³-hybridized carbons (Fsp3) is 0. The second-order valence-electron chi connectivity index (χ2n) is 3.08. The summed E-state index contributed by atoms with van der Waals surface area (Å²) in [7, 11) is 0. The van der Waals surface area contributed by atoms with Crippen LogP contribution in [0, 0.1) is 0 Å². The highest BCUT2D eigenvalue weighted by Crippen LogP contribution is 2.34. The minimum atomic E-state index is 0.279. The summed E-state index contributed by atoms with van der Waals surface area (Å²) in [5.74, 6) is 0. The molecule has 0 spiro atoms. The van der Waals surface area contributed by atoms with E-state index in [0.29, 0.717) is 21.9 Å². The number of fused-ring (bicyclic) bond motifs is 1. The van der Waals surface area contributed by atoms with E-state index in [1.54, 1.807) is 24.3 Å². The van der Waals surface area contributed by atoms with Crippen molar-refractivity contribution in [2.45, 2.75) is 0 Å². The molecular weight excluding hydrogens is 254 g/mol. The van der Waals surface area contributed by atoms with Gasteiger partial charge in [-0.1, -0.05) is 40.9 Å². The Morgan fingerprint density at radius 1 is 1.00 bits per heavy atom. The Bertz CT molecular complexity index is 549. The molecule has 1 nitrogen and oxygen atoms in total. The highest BCUT2D eigenvalue weighted by Gasteiger charge is 2.09. The standard InChI is InChI=1S/C11H5Cl3O/c12-8-1-2-9-6(4-8)3-7(5-15)10(13)11(9)14/h1-5H. The van der Waals surface area contributed by atoms with E-state index in [2.05, 4.69) is 0 Å². The Kier molecular flexibility index (Phi) is 2.87. The molecule has 4 heteroatoms. The van der Waals surface area contributed by atoms with Crippen molar-refractivity contribution in [2.75, 3.05) is 0 Å². The minimum Gasteiger partial charge on any atom is -0.298 e. The number of halogens is 3. The first-order chi connectivity index (χ1) is 7.13. The van der Waals surface area contributed by atoms with E-state index in [9.17, 15) is 4.79 Å². The van der Waals surface area contributed by atoms with Crippen LogP contribution in [-0.4, -0.2) is 6.29 Å². The lowest BCUT2D eigenvalue weighted by Crippen LogP contribution is -1.85. The largest absolute Gasteiger partial charge is 0.298 e. The molecule has 0 unspecified atom stereocenters. The first-order valence-corrected chi connectivity index (χ1v) is 5.29. The summed E-state index contributed by atoms with van der Waals surface area (Å²) < 4.78 is 0. The summed E-state index contributed by atoms with van der Waals surface area (Å²) >= 11 is 17.8. The molecule has 0 aliphatic heterocycles. The number of rotatable bonds is 1. The van der Waals surface area contributed by atoms with Gasteiger partial charge in [-0.25, -0.2) is 0 Å². The van der Waals surface area contributed by atoms with E-state index in [-0.39, 0.29) is 5.02 Å². The molecule has 0 aromatic heterocycles. The maximum Gasteiger partial charge on any atom is 0.151 e. The van der Waals surface area contributed by atoms with Crippen LogP contribution in [0.4, 0.5) is 0 Å². The van der Waals surface area contributed by atoms with E-state index >= 15 is 0 Å². The molecule has 0 amide bonds. The SMILES string of the molecule is O=Cc1cc2cc(Cl)ccc2c(Cl)c1Cl. The number of hydrogen-bond donors (Lipinski definition) is 0. The predicted molar refractivity (Wildman–Crippen MR) is 64.4 cm³/mol. The van der Waals surface area contributed by atoms with Gasteiger partial charge in [0.15, 0.2) is 6.29 Å². The second kappa shape index (κ2) is 4.01. The average Bonchev–Trinajstić information content (AvgIpc) is 2.23. The van der Waals surface area contributed by atoms with Crippen LogP contribution in [0.1, 0.15) is 10.4 Å². The van der Waals surface area contributed by atoms with Crippen molar-refractivity contribution in [1.29, 1.82) is 0 Å². The summed E-state index contributed by atoms with van der Waals surface area (Å²) in [6.45, 7) is 0. The third-order valence-corrected chi connectivity index (χ3v) is 3.27. The lowest BCUT2D eigenvalue weighted by atomic mass is 10.1. The maximum atomic E-state index is 10.7. The Labute approximate surface area is 102 Å². The van der Waals surface area contributed by atoms with Crippen LogP contribution in [0.15, 0.2) is 24.3 Å². The van der Waals surface area contributed by atoms with Gasteiger partial charge in [0.1, 0.15) is 0 Å². The van der Waals surface area contributed by atoms with Crippen molar-refractivity contribution in [3.8, 4) is 0 Å². The molecule has 0 bridgehead atoms. The highest BCUT2D eigenvalue weighted by atomic mass is 35.5. The second-order valence-corrected chi connectivity index (χ2v) is 4.27. The number of hydrogen-bond acceptors (Lipinski definition) is 1. The lowest BCUT2D eigenvalue weighted by molar-refractivity contribution is 0.112. The van der Waals surface area contributed by atoms with Crippen LogP contribution in [0.3, 0.4) is 0 Å². The molecule has 0 saturated carbocycles. The molecular formula is C11H5Cl3O. The maximum absolute atomic E-state index is 10.7. The molecule has 0 atom stereocenters. The first-order valence-electron chi connectivity index (χ1n) is 4.16. The molecule has 76 valence electrons. The molecule has 2 aromatic carbocycles. The van der Waals surface area contributed by atoms with E-state index in [1.165, 1.54) is 0 Å². The van der Waals surface area contributed by atoms with Gasteiger partial charge in [-0.15, -0.1) is 0 Å². The monoisotopic (exact) mass is 258 g/mol. The zero-order chi connectivity index (χ0) is 11.0. The number of benzene rings is 2. The van der Waals surface area contributed by atoms with Gasteiger partial charge in [0.2, 0.25) is 0 Å². The predicted octanol–water partition coefficient (Wildman–Crippen LogP) is 4.61. The van der Waals surface area contributed by atoms with Crippen molar-refractivity contribution in [3.05, 3.63) is 44.9 Å². The number of carbonyl (C=O) groups is 1. The zero-order valence-electron chi connectivity index (χ0n) is 7.43. The van der Waals surface area contributed by atoms with E-state index < -0.39 is 0 Å². The van der Waals surface area contributed by atoms with Crippen molar-refractivity contribution < 1.29 is 4.79 Å². The van der Waals surface area contributed by atoms with Crippen LogP contribution in [0.2, 0.25) is 15.1 Å². The molecule has 0 aliphatic rings. The quantitative estimate of drug-likeness (QED) is 0.683. The molecule has 0 heterocycles. The van der Waals surface area contributed by atoms with Gasteiger partial charge in [0, 0.05) is 16.0 Å². The van der Waals surface area contributed by atoms with Crippen molar-refractivity contribution in [3.63, 3.8) is 0 Å².